The van der Waals surface area contributed by atoms with Crippen molar-refractivity contribution in [3.05, 3.63) is 23.0 Å². The van der Waals surface area contributed by atoms with Gasteiger partial charge in [0.2, 0.25) is 5.91 Å². The molecule has 106 valence electrons. The molecule has 0 saturated heterocycles. The molecular formula is C15H24N2O2. The van der Waals surface area contributed by atoms with Gasteiger partial charge in [0.1, 0.15) is 6.04 Å². The van der Waals surface area contributed by atoms with Crippen molar-refractivity contribution in [1.29, 1.82) is 0 Å². The summed E-state index contributed by atoms with van der Waals surface area (Å²) in [5.41, 5.74) is 3.21. The van der Waals surface area contributed by atoms with Crippen LogP contribution >= 0.6 is 0 Å². The summed E-state index contributed by atoms with van der Waals surface area (Å²) in [6, 6.07) is 1.78. The van der Waals surface area contributed by atoms with E-state index in [0.29, 0.717) is 0 Å². The van der Waals surface area contributed by atoms with Crippen LogP contribution in [-0.4, -0.2) is 22.6 Å². The molecule has 1 amide bonds. The predicted molar refractivity (Wildman–Crippen MR) is 75.0 cm³/mol. The van der Waals surface area contributed by atoms with Crippen LogP contribution in [0.15, 0.2) is 6.07 Å². The van der Waals surface area contributed by atoms with Gasteiger partial charge in [-0.2, -0.15) is 0 Å². The molecule has 1 aliphatic carbocycles. The van der Waals surface area contributed by atoms with E-state index < -0.39 is 6.10 Å². The molecule has 2 unspecified atom stereocenters. The Bertz CT molecular complexity index is 502. The number of nitrogens with zero attached hydrogens (tertiary/aromatic N) is 1. The SMILES string of the molecule is CNC(=O)C(C)n1c(C)cc2c1CC(C)(C)CC2O. The minimum absolute atomic E-state index is 0.000584. The van der Waals surface area contributed by atoms with Crippen molar-refractivity contribution in [2.45, 2.75) is 52.7 Å². The summed E-state index contributed by atoms with van der Waals surface area (Å²) in [5.74, 6) is -0.000584. The Balaban J connectivity index is 2.50. The highest BCUT2D eigenvalue weighted by Crippen LogP contribution is 2.42. The first-order valence-electron chi connectivity index (χ1n) is 6.87. The van der Waals surface area contributed by atoms with Crippen molar-refractivity contribution in [1.82, 2.24) is 9.88 Å². The number of aryl methyl sites for hydroxylation is 1. The molecule has 1 aromatic rings. The number of aliphatic hydroxyl groups is 1. The third-order valence-electron chi connectivity index (χ3n) is 4.13. The number of carbonyl (C=O) groups is 1. The van der Waals surface area contributed by atoms with Crippen LogP contribution in [0.5, 0.6) is 0 Å². The van der Waals surface area contributed by atoms with Gasteiger partial charge in [-0.05, 0) is 38.2 Å². The summed E-state index contributed by atoms with van der Waals surface area (Å²) < 4.78 is 2.07. The molecule has 0 aromatic carbocycles. The molecule has 2 atom stereocenters. The van der Waals surface area contributed by atoms with E-state index in [1.807, 2.05) is 19.9 Å². The lowest BCUT2D eigenvalue weighted by Crippen LogP contribution is -2.32. The number of rotatable bonds is 2. The van der Waals surface area contributed by atoms with Crippen LogP contribution in [0.4, 0.5) is 0 Å². The molecule has 0 saturated carbocycles. The van der Waals surface area contributed by atoms with Gasteiger partial charge in [0.05, 0.1) is 6.10 Å². The van der Waals surface area contributed by atoms with E-state index in [9.17, 15) is 9.90 Å². The Hall–Kier alpha value is -1.29. The maximum atomic E-state index is 11.9. The Morgan fingerprint density at radius 1 is 1.58 bits per heavy atom. The van der Waals surface area contributed by atoms with Crippen molar-refractivity contribution in [3.8, 4) is 0 Å². The fourth-order valence-electron chi connectivity index (χ4n) is 3.23. The largest absolute Gasteiger partial charge is 0.388 e. The van der Waals surface area contributed by atoms with Crippen LogP contribution in [0.3, 0.4) is 0 Å². The number of hydrogen-bond donors (Lipinski definition) is 2. The monoisotopic (exact) mass is 264 g/mol. The maximum Gasteiger partial charge on any atom is 0.242 e. The van der Waals surface area contributed by atoms with Crippen LogP contribution in [-0.2, 0) is 11.2 Å². The van der Waals surface area contributed by atoms with Crippen LogP contribution in [0.1, 0.15) is 56.3 Å². The predicted octanol–water partition coefficient (Wildman–Crippen LogP) is 2.11. The standard InChI is InChI=1S/C15H24N2O2/c1-9-6-11-12(7-15(3,4)8-13(11)18)17(9)10(2)14(19)16-5/h6,10,13,18H,7-8H2,1-5H3,(H,16,19). The minimum atomic E-state index is -0.421. The second-order valence-electron chi connectivity index (χ2n) is 6.41. The molecule has 0 bridgehead atoms. The highest BCUT2D eigenvalue weighted by molar-refractivity contribution is 5.79. The summed E-state index contributed by atoms with van der Waals surface area (Å²) in [6.45, 7) is 8.23. The van der Waals surface area contributed by atoms with Crippen molar-refractivity contribution in [3.63, 3.8) is 0 Å². The fourth-order valence-corrected chi connectivity index (χ4v) is 3.23. The van der Waals surface area contributed by atoms with Crippen LogP contribution in [0.25, 0.3) is 0 Å². The van der Waals surface area contributed by atoms with Crippen LogP contribution in [0, 0.1) is 12.3 Å². The van der Waals surface area contributed by atoms with E-state index >= 15 is 0 Å². The van der Waals surface area contributed by atoms with Gasteiger partial charge in [-0.25, -0.2) is 0 Å². The van der Waals surface area contributed by atoms with Crippen molar-refractivity contribution < 1.29 is 9.90 Å². The summed E-state index contributed by atoms with van der Waals surface area (Å²) in [7, 11) is 1.66. The lowest BCUT2D eigenvalue weighted by molar-refractivity contribution is -0.123. The highest BCUT2D eigenvalue weighted by Gasteiger charge is 2.35. The molecule has 4 nitrogen and oxygen atoms in total. The molecule has 0 radical (unpaired) electrons. The van der Waals surface area contributed by atoms with E-state index in [1.165, 1.54) is 0 Å². The highest BCUT2D eigenvalue weighted by atomic mass is 16.3. The van der Waals surface area contributed by atoms with E-state index in [1.54, 1.807) is 7.05 Å². The first kappa shape index (κ1) is 14.1. The average Bonchev–Trinajstić information content (AvgIpc) is 2.62. The lowest BCUT2D eigenvalue weighted by Gasteiger charge is -2.34. The Labute approximate surface area is 114 Å². The van der Waals surface area contributed by atoms with E-state index in [2.05, 4.69) is 23.7 Å². The summed E-state index contributed by atoms with van der Waals surface area (Å²) in [6.07, 6.45) is 1.25. The molecule has 1 aliphatic rings. The number of hydrogen-bond acceptors (Lipinski definition) is 2. The zero-order valence-electron chi connectivity index (χ0n) is 12.4. The molecule has 0 spiro atoms. The number of carbonyl (C=O) groups excluding carboxylic acids is 1. The quantitative estimate of drug-likeness (QED) is 0.859. The molecule has 0 aliphatic heterocycles. The Morgan fingerprint density at radius 3 is 2.79 bits per heavy atom. The Morgan fingerprint density at radius 2 is 2.21 bits per heavy atom. The number of fused-ring (bicyclic) bond motifs is 1. The molecule has 19 heavy (non-hydrogen) atoms. The van der Waals surface area contributed by atoms with Gasteiger partial charge >= 0.3 is 0 Å². The smallest absolute Gasteiger partial charge is 0.242 e. The number of aromatic nitrogens is 1. The average molecular weight is 264 g/mol. The third kappa shape index (κ3) is 2.41. The van der Waals surface area contributed by atoms with Gasteiger partial charge in [-0.3, -0.25) is 4.79 Å². The summed E-state index contributed by atoms with van der Waals surface area (Å²) in [4.78, 5) is 11.9. The minimum Gasteiger partial charge on any atom is -0.388 e. The zero-order valence-corrected chi connectivity index (χ0v) is 12.4. The van der Waals surface area contributed by atoms with Gasteiger partial charge in [0.25, 0.3) is 0 Å². The van der Waals surface area contributed by atoms with Crippen LogP contribution in [0.2, 0.25) is 0 Å². The molecule has 1 aromatic heterocycles. The number of aliphatic hydroxyl groups excluding tert-OH is 1. The fraction of sp³-hybridized carbons (Fsp3) is 0.667. The first-order chi connectivity index (χ1) is 8.76. The van der Waals surface area contributed by atoms with Gasteiger partial charge in [-0.15, -0.1) is 0 Å². The summed E-state index contributed by atoms with van der Waals surface area (Å²) in [5, 5.41) is 13.0. The van der Waals surface area contributed by atoms with E-state index in [0.717, 1.165) is 29.8 Å². The van der Waals surface area contributed by atoms with Gasteiger partial charge < -0.3 is 15.0 Å². The maximum absolute atomic E-state index is 11.9. The topological polar surface area (TPSA) is 54.3 Å². The Kier molecular flexibility index (Phi) is 3.47. The van der Waals surface area contributed by atoms with Crippen LogP contribution < -0.4 is 5.32 Å². The first-order valence-corrected chi connectivity index (χ1v) is 6.87. The van der Waals surface area contributed by atoms with Gasteiger partial charge in [0, 0.05) is 24.0 Å². The number of nitrogens with one attached hydrogen (secondary N) is 1. The molecular weight excluding hydrogens is 240 g/mol. The second kappa shape index (κ2) is 4.67. The molecule has 4 heteroatoms. The second-order valence-corrected chi connectivity index (χ2v) is 6.41. The van der Waals surface area contributed by atoms with Crippen molar-refractivity contribution in [2.75, 3.05) is 7.05 Å². The van der Waals surface area contributed by atoms with E-state index in [-0.39, 0.29) is 17.4 Å². The number of likely N-dealkylation sites (N-methyl/N-ethyl adjacent to an activating group) is 1. The molecule has 2 rings (SSSR count). The summed E-state index contributed by atoms with van der Waals surface area (Å²) >= 11 is 0. The zero-order chi connectivity index (χ0) is 14.4. The van der Waals surface area contributed by atoms with Crippen molar-refractivity contribution >= 4 is 5.91 Å². The lowest BCUT2D eigenvalue weighted by atomic mass is 9.75. The molecule has 1 heterocycles. The molecule has 0 fully saturated rings. The molecule has 2 N–H and O–H groups in total. The van der Waals surface area contributed by atoms with Gasteiger partial charge in [-0.1, -0.05) is 13.8 Å². The van der Waals surface area contributed by atoms with Crippen molar-refractivity contribution in [2.24, 2.45) is 5.41 Å². The van der Waals surface area contributed by atoms with Gasteiger partial charge in [0.15, 0.2) is 0 Å². The van der Waals surface area contributed by atoms with E-state index in [4.69, 9.17) is 0 Å². The third-order valence-corrected chi connectivity index (χ3v) is 4.13. The number of amides is 1. The normalized spacial score (nSPS) is 22.7.